The Kier molecular flexibility index (Phi) is 4.96. The Hall–Kier alpha value is -2.16. The number of nitrogens with zero attached hydrogens (tertiary/aromatic N) is 3. The molecule has 5 nitrogen and oxygen atoms in total. The van der Waals surface area contributed by atoms with E-state index in [9.17, 15) is 18.0 Å². The first-order valence-corrected chi connectivity index (χ1v) is 7.12. The van der Waals surface area contributed by atoms with Crippen LogP contribution in [-0.4, -0.2) is 21.9 Å². The monoisotopic (exact) mass is 330 g/mol. The van der Waals surface area contributed by atoms with Gasteiger partial charge in [-0.2, -0.15) is 14.6 Å². The summed E-state index contributed by atoms with van der Waals surface area (Å²) < 4.78 is 39.2. The van der Waals surface area contributed by atoms with Gasteiger partial charge in [-0.1, -0.05) is 0 Å². The number of nitrogens with one attached hydrogen (secondary N) is 1. The van der Waals surface area contributed by atoms with E-state index in [1.54, 1.807) is 6.92 Å². The summed E-state index contributed by atoms with van der Waals surface area (Å²) >= 11 is 0.885. The Balaban J connectivity index is 2.01. The maximum atomic E-state index is 12.8. The van der Waals surface area contributed by atoms with Crippen LogP contribution < -0.4 is 5.43 Å². The fraction of sp³-hybridized carbons (Fsp3) is 0.308. The normalized spacial score (nSPS) is 13.0. The fourth-order valence-corrected chi connectivity index (χ4v) is 2.38. The molecule has 1 N–H and O–H groups in total. The minimum absolute atomic E-state index is 0.354. The van der Waals surface area contributed by atoms with E-state index in [4.69, 9.17) is 0 Å². The molecule has 0 bridgehead atoms. The van der Waals surface area contributed by atoms with E-state index in [1.807, 2.05) is 0 Å². The van der Waals surface area contributed by atoms with Gasteiger partial charge in [0.2, 0.25) is 0 Å². The van der Waals surface area contributed by atoms with Gasteiger partial charge in [-0.3, -0.25) is 9.48 Å². The zero-order chi connectivity index (χ0) is 16.3. The first-order valence-electron chi connectivity index (χ1n) is 6.31. The van der Waals surface area contributed by atoms with Crippen LogP contribution in [0.25, 0.3) is 0 Å². The number of aryl methyl sites for hydroxylation is 1. The molecule has 9 heteroatoms. The number of hydrogen-bond donors (Lipinski definition) is 1. The van der Waals surface area contributed by atoms with Gasteiger partial charge in [0.25, 0.3) is 12.3 Å². The van der Waals surface area contributed by atoms with E-state index in [0.29, 0.717) is 10.6 Å². The largest absolute Gasteiger partial charge is 0.282 e. The van der Waals surface area contributed by atoms with Gasteiger partial charge in [0, 0.05) is 5.69 Å². The first kappa shape index (κ1) is 16.2. The van der Waals surface area contributed by atoms with Gasteiger partial charge in [0.15, 0.2) is 5.13 Å². The quantitative estimate of drug-likeness (QED) is 0.677. The van der Waals surface area contributed by atoms with Crippen LogP contribution in [0, 0.1) is 12.1 Å². The summed E-state index contributed by atoms with van der Waals surface area (Å²) in [5, 5.41) is 7.06. The highest BCUT2D eigenvalue weighted by Crippen LogP contribution is 2.20. The van der Waals surface area contributed by atoms with E-state index in [0.717, 1.165) is 11.3 Å². The zero-order valence-corrected chi connectivity index (χ0v) is 12.6. The topological polar surface area (TPSA) is 59.3 Å². The lowest BCUT2D eigenvalue weighted by Crippen LogP contribution is -2.28. The molecule has 0 saturated heterocycles. The molecule has 0 fully saturated rings. The Morgan fingerprint density at radius 3 is 2.77 bits per heavy atom. The molecule has 0 aliphatic carbocycles. The molecule has 2 aromatic rings. The van der Waals surface area contributed by atoms with E-state index < -0.39 is 18.4 Å². The van der Waals surface area contributed by atoms with Crippen molar-refractivity contribution in [3.05, 3.63) is 39.6 Å². The van der Waals surface area contributed by atoms with Crippen molar-refractivity contribution in [2.24, 2.45) is 5.10 Å². The molecule has 2 heterocycles. The number of carbonyl (C=O) groups excluding carboxylic acids is 1. The maximum absolute atomic E-state index is 12.8. The molecule has 0 spiro atoms. The summed E-state index contributed by atoms with van der Waals surface area (Å²) in [6.07, 6.45) is -1.39. The second-order valence-electron chi connectivity index (χ2n) is 4.51. The van der Waals surface area contributed by atoms with Crippen molar-refractivity contribution in [2.45, 2.75) is 26.3 Å². The van der Waals surface area contributed by atoms with Crippen molar-refractivity contribution in [1.82, 2.24) is 15.2 Å². The van der Waals surface area contributed by atoms with Gasteiger partial charge in [-0.05, 0) is 32.0 Å². The highest BCUT2D eigenvalue weighted by Gasteiger charge is 2.20. The molecule has 2 rings (SSSR count). The number of thiophene rings is 1. The van der Waals surface area contributed by atoms with E-state index in [1.165, 1.54) is 36.0 Å². The molecule has 0 aliphatic heterocycles. The molecular formula is C13H13F3N4OS. The molecule has 0 aliphatic rings. The van der Waals surface area contributed by atoms with Gasteiger partial charge in [-0.25, -0.2) is 14.2 Å². The SMILES string of the molecule is Cc1cc(C(F)F)nn1[C@@H](C)C(=O)N/N=C\c1ccc(F)s1. The second-order valence-corrected chi connectivity index (χ2v) is 5.57. The molecule has 0 unspecified atom stereocenters. The summed E-state index contributed by atoms with van der Waals surface area (Å²) in [7, 11) is 0. The van der Waals surface area contributed by atoms with Crippen molar-refractivity contribution in [2.75, 3.05) is 0 Å². The smallest absolute Gasteiger partial charge is 0.271 e. The lowest BCUT2D eigenvalue weighted by Gasteiger charge is -2.12. The predicted octanol–water partition coefficient (Wildman–Crippen LogP) is 3.04. The molecule has 0 aromatic carbocycles. The molecule has 2 aromatic heterocycles. The van der Waals surface area contributed by atoms with E-state index >= 15 is 0 Å². The van der Waals surface area contributed by atoms with Gasteiger partial charge in [-0.15, -0.1) is 11.3 Å². The van der Waals surface area contributed by atoms with Gasteiger partial charge in [0.05, 0.1) is 11.1 Å². The summed E-state index contributed by atoms with van der Waals surface area (Å²) in [5.41, 5.74) is 2.34. The molecular weight excluding hydrogens is 317 g/mol. The Bertz CT molecular complexity index is 695. The average molecular weight is 330 g/mol. The minimum Gasteiger partial charge on any atom is -0.271 e. The fourth-order valence-electron chi connectivity index (χ4n) is 1.77. The van der Waals surface area contributed by atoms with E-state index in [-0.39, 0.29) is 10.8 Å². The van der Waals surface area contributed by atoms with Crippen LogP contribution in [-0.2, 0) is 4.79 Å². The number of halogens is 3. The second kappa shape index (κ2) is 6.73. The van der Waals surface area contributed by atoms with Crippen LogP contribution >= 0.6 is 11.3 Å². The summed E-state index contributed by atoms with van der Waals surface area (Å²) in [5.74, 6) is -0.514. The van der Waals surface area contributed by atoms with Crippen molar-refractivity contribution in [3.63, 3.8) is 0 Å². The average Bonchev–Trinajstić information content (AvgIpc) is 3.04. The van der Waals surface area contributed by atoms with Crippen molar-refractivity contribution >= 4 is 23.5 Å². The third-order valence-electron chi connectivity index (χ3n) is 2.87. The number of alkyl halides is 2. The molecule has 118 valence electrons. The number of hydrazone groups is 1. The van der Waals surface area contributed by atoms with Crippen molar-refractivity contribution in [1.29, 1.82) is 0 Å². The number of amides is 1. The zero-order valence-electron chi connectivity index (χ0n) is 11.8. The highest BCUT2D eigenvalue weighted by molar-refractivity contribution is 7.12. The molecule has 0 saturated carbocycles. The Morgan fingerprint density at radius 2 is 2.23 bits per heavy atom. The van der Waals surface area contributed by atoms with Crippen LogP contribution in [0.15, 0.2) is 23.3 Å². The minimum atomic E-state index is -2.69. The number of rotatable bonds is 5. The van der Waals surface area contributed by atoms with Gasteiger partial charge >= 0.3 is 0 Å². The summed E-state index contributed by atoms with van der Waals surface area (Å²) in [6, 6.07) is 3.23. The summed E-state index contributed by atoms with van der Waals surface area (Å²) in [4.78, 5) is 12.5. The molecule has 22 heavy (non-hydrogen) atoms. The predicted molar refractivity (Wildman–Crippen MR) is 76.6 cm³/mol. The first-order chi connectivity index (χ1) is 10.4. The van der Waals surface area contributed by atoms with Crippen LogP contribution in [0.5, 0.6) is 0 Å². The van der Waals surface area contributed by atoms with Crippen molar-refractivity contribution < 1.29 is 18.0 Å². The summed E-state index contributed by atoms with van der Waals surface area (Å²) in [6.45, 7) is 3.10. The van der Waals surface area contributed by atoms with Gasteiger partial charge < -0.3 is 0 Å². The number of hydrogen-bond acceptors (Lipinski definition) is 4. The lowest BCUT2D eigenvalue weighted by atomic mass is 10.3. The van der Waals surface area contributed by atoms with Crippen LogP contribution in [0.1, 0.15) is 35.7 Å². The maximum Gasteiger partial charge on any atom is 0.282 e. The van der Waals surface area contributed by atoms with Crippen LogP contribution in [0.4, 0.5) is 13.2 Å². The Morgan fingerprint density at radius 1 is 1.50 bits per heavy atom. The van der Waals surface area contributed by atoms with E-state index in [2.05, 4.69) is 15.6 Å². The van der Waals surface area contributed by atoms with Crippen LogP contribution in [0.3, 0.4) is 0 Å². The van der Waals surface area contributed by atoms with Crippen LogP contribution in [0.2, 0.25) is 0 Å². The molecule has 0 radical (unpaired) electrons. The van der Waals surface area contributed by atoms with Crippen molar-refractivity contribution in [3.8, 4) is 0 Å². The van der Waals surface area contributed by atoms with Gasteiger partial charge in [0.1, 0.15) is 11.7 Å². The number of carbonyl (C=O) groups is 1. The molecule has 1 atom stereocenters. The third-order valence-corrected chi connectivity index (χ3v) is 3.68. The highest BCUT2D eigenvalue weighted by atomic mass is 32.1. The standard InChI is InChI=1S/C13H13F3N4OS/c1-7-5-10(12(15)16)19-20(7)8(2)13(21)18-17-6-9-3-4-11(14)22-9/h3-6,8,12H,1-2H3,(H,18,21)/b17-6-/t8-/m0/s1. The Labute approximate surface area is 128 Å². The lowest BCUT2D eigenvalue weighted by molar-refractivity contribution is -0.124. The molecule has 1 amide bonds. The number of aromatic nitrogens is 2. The third kappa shape index (κ3) is 3.73.